The molecule has 1 aromatic heterocycles. The summed E-state index contributed by atoms with van der Waals surface area (Å²) in [7, 11) is 0. The smallest absolute Gasteiger partial charge is 0.416 e. The fourth-order valence-electron chi connectivity index (χ4n) is 4.34. The summed E-state index contributed by atoms with van der Waals surface area (Å²) < 4.78 is 41.4. The van der Waals surface area contributed by atoms with Crippen LogP contribution in [0.2, 0.25) is 0 Å². The summed E-state index contributed by atoms with van der Waals surface area (Å²) in [5.41, 5.74) is 0.408. The van der Waals surface area contributed by atoms with Gasteiger partial charge in [0, 0.05) is 17.5 Å². The Labute approximate surface area is 181 Å². The van der Waals surface area contributed by atoms with Gasteiger partial charge in [0.25, 0.3) is 0 Å². The van der Waals surface area contributed by atoms with Crippen molar-refractivity contribution in [1.29, 1.82) is 5.26 Å². The second kappa shape index (κ2) is 7.68. The molecule has 1 atom stereocenters. The Hall–Kier alpha value is -3.86. The number of pyridine rings is 1. The molecule has 3 aromatic rings. The van der Waals surface area contributed by atoms with Gasteiger partial charge in [-0.1, -0.05) is 18.2 Å². The van der Waals surface area contributed by atoms with Crippen LogP contribution in [0.25, 0.3) is 11.1 Å². The van der Waals surface area contributed by atoms with Crippen LogP contribution in [0.4, 0.5) is 13.2 Å². The van der Waals surface area contributed by atoms with Crippen molar-refractivity contribution in [3.8, 4) is 17.2 Å². The number of benzene rings is 2. The molecule has 0 aliphatic heterocycles. The largest absolute Gasteiger partial charge is 0.477 e. The van der Waals surface area contributed by atoms with Gasteiger partial charge in [0.05, 0.1) is 23.2 Å². The summed E-state index contributed by atoms with van der Waals surface area (Å²) >= 11 is 0. The number of carboxylic acid groups (broad SMARTS) is 1. The molecule has 0 radical (unpaired) electrons. The van der Waals surface area contributed by atoms with E-state index in [2.05, 4.69) is 6.07 Å². The van der Waals surface area contributed by atoms with E-state index in [-0.39, 0.29) is 17.2 Å². The van der Waals surface area contributed by atoms with E-state index in [1.807, 2.05) is 0 Å². The number of carboxylic acids is 1. The van der Waals surface area contributed by atoms with Gasteiger partial charge >= 0.3 is 12.1 Å². The number of hydrogen-bond acceptors (Lipinski definition) is 3. The Morgan fingerprint density at radius 2 is 1.97 bits per heavy atom. The van der Waals surface area contributed by atoms with Crippen LogP contribution in [-0.4, -0.2) is 15.6 Å². The SMILES string of the molecule is Cc1c(-c2cccc(C(F)(F)F)c2)c(=O)c(C(=O)O)cn1C1CCc2cc(C#N)ccc21. The lowest BCUT2D eigenvalue weighted by Crippen LogP contribution is -2.24. The van der Waals surface area contributed by atoms with E-state index in [9.17, 15) is 27.9 Å². The molecule has 0 spiro atoms. The first-order valence-corrected chi connectivity index (χ1v) is 9.81. The number of rotatable bonds is 3. The highest BCUT2D eigenvalue weighted by molar-refractivity contribution is 5.89. The zero-order valence-electron chi connectivity index (χ0n) is 16.9. The van der Waals surface area contributed by atoms with Gasteiger partial charge in [-0.2, -0.15) is 18.4 Å². The minimum Gasteiger partial charge on any atom is -0.477 e. The number of aryl methyl sites for hydroxylation is 1. The van der Waals surface area contributed by atoms with E-state index >= 15 is 0 Å². The minimum absolute atomic E-state index is 0.0113. The van der Waals surface area contributed by atoms with E-state index < -0.39 is 28.7 Å². The second-order valence-electron chi connectivity index (χ2n) is 7.70. The molecule has 1 N–H and O–H groups in total. The number of fused-ring (bicyclic) bond motifs is 1. The van der Waals surface area contributed by atoms with Crippen LogP contribution in [-0.2, 0) is 12.6 Å². The molecule has 8 heteroatoms. The third kappa shape index (κ3) is 3.56. The predicted octanol–water partition coefficient (Wildman–Crippen LogP) is 4.95. The number of nitriles is 1. The standard InChI is InChI=1S/C24H17F3N2O3/c1-13-21(16-3-2-4-17(10-16)24(25,26)27)22(30)19(23(31)32)12-29(13)20-8-6-15-9-14(11-28)5-7-18(15)20/h2-5,7,9-10,12,20H,6,8H2,1H3,(H,31,32). The van der Waals surface area contributed by atoms with E-state index in [4.69, 9.17) is 5.26 Å². The number of alkyl halides is 3. The molecule has 1 aliphatic carbocycles. The molecule has 1 heterocycles. The van der Waals surface area contributed by atoms with E-state index in [1.165, 1.54) is 18.3 Å². The zero-order valence-corrected chi connectivity index (χ0v) is 16.9. The van der Waals surface area contributed by atoms with Crippen molar-refractivity contribution in [3.05, 3.63) is 92.4 Å². The molecule has 4 rings (SSSR count). The van der Waals surface area contributed by atoms with E-state index in [0.717, 1.165) is 23.3 Å². The van der Waals surface area contributed by atoms with Crippen LogP contribution < -0.4 is 5.43 Å². The van der Waals surface area contributed by atoms with Crippen molar-refractivity contribution in [1.82, 2.24) is 4.57 Å². The first-order chi connectivity index (χ1) is 15.1. The highest BCUT2D eigenvalue weighted by atomic mass is 19.4. The lowest BCUT2D eigenvalue weighted by molar-refractivity contribution is -0.137. The maximum absolute atomic E-state index is 13.2. The normalized spacial score (nSPS) is 15.3. The van der Waals surface area contributed by atoms with Crippen LogP contribution in [0.1, 0.15) is 50.8 Å². The van der Waals surface area contributed by atoms with Crippen molar-refractivity contribution in [2.45, 2.75) is 32.0 Å². The number of nitrogens with zero attached hydrogens (tertiary/aromatic N) is 2. The quantitative estimate of drug-likeness (QED) is 0.627. The Balaban J connectivity index is 1.95. The summed E-state index contributed by atoms with van der Waals surface area (Å²) in [6, 6.07) is 11.4. The summed E-state index contributed by atoms with van der Waals surface area (Å²) in [5.74, 6) is -1.45. The summed E-state index contributed by atoms with van der Waals surface area (Å²) in [5, 5.41) is 18.7. The zero-order chi connectivity index (χ0) is 23.2. The van der Waals surface area contributed by atoms with Crippen molar-refractivity contribution in [2.24, 2.45) is 0 Å². The van der Waals surface area contributed by atoms with Gasteiger partial charge in [-0.25, -0.2) is 4.79 Å². The van der Waals surface area contributed by atoms with Crippen LogP contribution in [0.3, 0.4) is 0 Å². The number of carbonyl (C=O) groups is 1. The van der Waals surface area contributed by atoms with Crippen molar-refractivity contribution < 1.29 is 23.1 Å². The fraction of sp³-hybridized carbons (Fsp3) is 0.208. The van der Waals surface area contributed by atoms with Crippen molar-refractivity contribution in [3.63, 3.8) is 0 Å². The maximum atomic E-state index is 13.2. The molecule has 0 saturated carbocycles. The highest BCUT2D eigenvalue weighted by Gasteiger charge is 2.32. The number of hydrogen-bond donors (Lipinski definition) is 1. The van der Waals surface area contributed by atoms with E-state index in [0.29, 0.717) is 24.1 Å². The molecule has 1 aliphatic rings. The van der Waals surface area contributed by atoms with Gasteiger partial charge in [-0.3, -0.25) is 4.79 Å². The molecule has 0 amide bonds. The molecule has 0 bridgehead atoms. The lowest BCUT2D eigenvalue weighted by Gasteiger charge is -2.23. The van der Waals surface area contributed by atoms with E-state index in [1.54, 1.807) is 29.7 Å². The Kier molecular flexibility index (Phi) is 5.13. The van der Waals surface area contributed by atoms with Gasteiger partial charge < -0.3 is 9.67 Å². The van der Waals surface area contributed by atoms with Gasteiger partial charge in [-0.15, -0.1) is 0 Å². The van der Waals surface area contributed by atoms with Crippen molar-refractivity contribution >= 4 is 5.97 Å². The molecule has 1 unspecified atom stereocenters. The van der Waals surface area contributed by atoms with Gasteiger partial charge in [-0.05, 0) is 60.7 Å². The average Bonchev–Trinajstić information content (AvgIpc) is 3.16. The predicted molar refractivity (Wildman–Crippen MR) is 110 cm³/mol. The molecule has 2 aromatic carbocycles. The van der Waals surface area contributed by atoms with Crippen LogP contribution in [0, 0.1) is 18.3 Å². The third-order valence-corrected chi connectivity index (χ3v) is 5.85. The second-order valence-corrected chi connectivity index (χ2v) is 7.70. The average molecular weight is 438 g/mol. The van der Waals surface area contributed by atoms with Crippen molar-refractivity contribution in [2.75, 3.05) is 0 Å². The van der Waals surface area contributed by atoms with Crippen LogP contribution >= 0.6 is 0 Å². The van der Waals surface area contributed by atoms with Crippen LogP contribution in [0.5, 0.6) is 0 Å². The van der Waals surface area contributed by atoms with Gasteiger partial charge in [0.2, 0.25) is 5.43 Å². The molecular weight excluding hydrogens is 421 g/mol. The summed E-state index contributed by atoms with van der Waals surface area (Å²) in [6.45, 7) is 1.60. The maximum Gasteiger partial charge on any atom is 0.416 e. The number of aromatic carboxylic acids is 1. The number of aromatic nitrogens is 1. The monoisotopic (exact) mass is 438 g/mol. The molecule has 162 valence electrons. The summed E-state index contributed by atoms with van der Waals surface area (Å²) in [4.78, 5) is 24.8. The summed E-state index contributed by atoms with van der Waals surface area (Å²) in [6.07, 6.45) is -2.08. The molecular formula is C24H17F3N2O3. The highest BCUT2D eigenvalue weighted by Crippen LogP contribution is 2.38. The molecule has 32 heavy (non-hydrogen) atoms. The topological polar surface area (TPSA) is 83.1 Å². The first kappa shape index (κ1) is 21.4. The third-order valence-electron chi connectivity index (χ3n) is 5.85. The first-order valence-electron chi connectivity index (χ1n) is 9.81. The Bertz CT molecular complexity index is 1350. The van der Waals surface area contributed by atoms with Gasteiger partial charge in [0.15, 0.2) is 0 Å². The minimum atomic E-state index is -4.60. The molecule has 5 nitrogen and oxygen atoms in total. The Morgan fingerprint density at radius 1 is 1.22 bits per heavy atom. The van der Waals surface area contributed by atoms with Crippen LogP contribution in [0.15, 0.2) is 53.5 Å². The number of halogens is 3. The van der Waals surface area contributed by atoms with Gasteiger partial charge in [0.1, 0.15) is 5.56 Å². The Morgan fingerprint density at radius 3 is 2.62 bits per heavy atom. The lowest BCUT2D eigenvalue weighted by atomic mass is 9.97. The molecule has 0 fully saturated rings. The molecule has 0 saturated heterocycles. The fourth-order valence-corrected chi connectivity index (χ4v) is 4.34.